The molecule has 1 aromatic heterocycles. The quantitative estimate of drug-likeness (QED) is 0.150. The van der Waals surface area contributed by atoms with Gasteiger partial charge < -0.3 is 31.9 Å². The third kappa shape index (κ3) is 23.5. The number of methoxy groups -OCH3 is 1. The minimum Gasteiger partial charge on any atom is -1.00 e. The maximum Gasteiger partial charge on any atom is 0.407 e. The van der Waals surface area contributed by atoms with Crippen molar-refractivity contribution in [1.82, 2.24) is 5.32 Å². The van der Waals surface area contributed by atoms with Crippen LogP contribution in [-0.4, -0.2) is 45.7 Å². The number of alkyl carbamates (subject to hydrolysis) is 1. The van der Waals surface area contributed by atoms with Crippen molar-refractivity contribution in [3.8, 4) is 0 Å². The molecule has 0 saturated carbocycles. The van der Waals surface area contributed by atoms with Crippen LogP contribution in [0, 0.1) is 0 Å². The largest absolute Gasteiger partial charge is 1.00 e. The monoisotopic (exact) mass is 542 g/mol. The zero-order valence-electron chi connectivity index (χ0n) is 23.8. The molecular weight excluding hydrogens is 488 g/mol. The van der Waals surface area contributed by atoms with Crippen LogP contribution in [0.1, 0.15) is 110 Å². The molecule has 1 heterocycles. The number of amides is 1. The number of pyridine rings is 1. The van der Waals surface area contributed by atoms with E-state index in [2.05, 4.69) is 12.2 Å². The lowest BCUT2D eigenvalue weighted by Crippen LogP contribution is -3.00. The summed E-state index contributed by atoms with van der Waals surface area (Å²) in [6.07, 6.45) is 25.1. The molecule has 6 nitrogen and oxygen atoms in total. The van der Waals surface area contributed by atoms with E-state index in [1.807, 2.05) is 35.2 Å². The lowest BCUT2D eigenvalue weighted by atomic mass is 10.0. The van der Waals surface area contributed by atoms with Gasteiger partial charge in [0.1, 0.15) is 12.7 Å². The second-order valence-electron chi connectivity index (χ2n) is 9.87. The number of unbranched alkanes of at least 4 members (excludes halogenated alkanes) is 15. The molecule has 0 bridgehead atoms. The summed E-state index contributed by atoms with van der Waals surface area (Å²) in [7, 11) is 1.62. The van der Waals surface area contributed by atoms with Gasteiger partial charge in [0.05, 0.1) is 13.2 Å². The maximum atomic E-state index is 11.9. The van der Waals surface area contributed by atoms with Gasteiger partial charge in [0.2, 0.25) is 0 Å². The molecule has 0 radical (unpaired) electrons. The van der Waals surface area contributed by atoms with Crippen LogP contribution in [0.15, 0.2) is 30.6 Å². The molecule has 216 valence electrons. The summed E-state index contributed by atoms with van der Waals surface area (Å²) in [5, 5.41) is 2.76. The highest BCUT2D eigenvalue weighted by atomic mass is 35.5. The summed E-state index contributed by atoms with van der Waals surface area (Å²) in [5.74, 6) is 0. The summed E-state index contributed by atoms with van der Waals surface area (Å²) in [5.41, 5.74) is 0. The number of hydrogen-bond donors (Lipinski definition) is 1. The summed E-state index contributed by atoms with van der Waals surface area (Å²) in [4.78, 5) is 11.9. The lowest BCUT2D eigenvalue weighted by Gasteiger charge is -2.16. The van der Waals surface area contributed by atoms with Gasteiger partial charge in [-0.25, -0.2) is 9.36 Å². The number of rotatable bonds is 25. The van der Waals surface area contributed by atoms with E-state index in [1.165, 1.54) is 96.3 Å². The Kier molecular flexibility index (Phi) is 26.6. The highest BCUT2D eigenvalue weighted by Gasteiger charge is 2.12. The predicted octanol–water partition coefficient (Wildman–Crippen LogP) is 4.00. The second-order valence-corrected chi connectivity index (χ2v) is 9.87. The molecule has 7 heteroatoms. The highest BCUT2D eigenvalue weighted by Crippen LogP contribution is 2.13. The number of ether oxygens (including phenoxy) is 3. The van der Waals surface area contributed by atoms with Gasteiger partial charge in [0.15, 0.2) is 18.9 Å². The first-order chi connectivity index (χ1) is 17.8. The smallest absolute Gasteiger partial charge is 0.407 e. The fraction of sp³-hybridized carbons (Fsp3) is 0.800. The molecule has 1 N–H and O–H groups in total. The fourth-order valence-electron chi connectivity index (χ4n) is 4.24. The van der Waals surface area contributed by atoms with Crippen LogP contribution >= 0.6 is 0 Å². The van der Waals surface area contributed by atoms with Crippen molar-refractivity contribution in [3.05, 3.63) is 30.6 Å². The van der Waals surface area contributed by atoms with Crippen LogP contribution in [-0.2, 0) is 20.8 Å². The topological polar surface area (TPSA) is 60.7 Å². The van der Waals surface area contributed by atoms with Crippen molar-refractivity contribution in [3.63, 3.8) is 0 Å². The summed E-state index contributed by atoms with van der Waals surface area (Å²) in [6, 6.07) is 5.88. The maximum absolute atomic E-state index is 11.9. The molecule has 0 aromatic carbocycles. The molecule has 1 atom stereocenters. The SMILES string of the molecule is CCCCCCCCCCCCCCCCCCOC[C@H](COC(=O)NCC[n+]1ccccc1)OC.[Cl-]. The molecule has 1 amide bonds. The highest BCUT2D eigenvalue weighted by molar-refractivity contribution is 5.66. The Balaban J connectivity index is 0.0000130. The van der Waals surface area contributed by atoms with Gasteiger partial charge >= 0.3 is 6.09 Å². The number of halogens is 1. The molecule has 0 spiro atoms. The standard InChI is InChI=1S/C30H54N2O4.ClH/c1-3-4-5-6-7-8-9-10-11-12-13-14-15-16-17-21-26-35-27-29(34-2)28-36-30(33)31-22-25-32-23-19-18-20-24-32;/h18-20,23-24,29H,3-17,21-22,25-28H2,1-2H3;1H/t29-;/m1./s1. The molecule has 0 aliphatic rings. The van der Waals surface area contributed by atoms with Crippen molar-refractivity contribution < 1.29 is 36.0 Å². The Labute approximate surface area is 233 Å². The normalized spacial score (nSPS) is 11.6. The average Bonchev–Trinajstić information content (AvgIpc) is 2.90. The summed E-state index contributed by atoms with van der Waals surface area (Å²) >= 11 is 0. The van der Waals surface area contributed by atoms with E-state index >= 15 is 0 Å². The van der Waals surface area contributed by atoms with E-state index in [0.717, 1.165) is 13.0 Å². The zero-order valence-corrected chi connectivity index (χ0v) is 24.5. The molecule has 1 aromatic rings. The number of hydrogen-bond acceptors (Lipinski definition) is 4. The minimum atomic E-state index is -0.425. The van der Waals surface area contributed by atoms with E-state index in [0.29, 0.717) is 19.7 Å². The van der Waals surface area contributed by atoms with Crippen molar-refractivity contribution in [1.29, 1.82) is 0 Å². The Morgan fingerprint density at radius 1 is 0.757 bits per heavy atom. The molecule has 1 rings (SSSR count). The van der Waals surface area contributed by atoms with E-state index in [9.17, 15) is 4.79 Å². The van der Waals surface area contributed by atoms with Crippen molar-refractivity contribution >= 4 is 6.09 Å². The molecule has 0 aliphatic carbocycles. The van der Waals surface area contributed by atoms with Crippen molar-refractivity contribution in [2.45, 2.75) is 122 Å². The van der Waals surface area contributed by atoms with Crippen LogP contribution in [0.3, 0.4) is 0 Å². The number of carbonyl (C=O) groups is 1. The van der Waals surface area contributed by atoms with Gasteiger partial charge in [-0.2, -0.15) is 0 Å². The van der Waals surface area contributed by atoms with Gasteiger partial charge in [-0.15, -0.1) is 0 Å². The Bertz CT molecular complexity index is 607. The summed E-state index contributed by atoms with van der Waals surface area (Å²) in [6.45, 7) is 4.87. The third-order valence-corrected chi connectivity index (χ3v) is 6.60. The number of nitrogens with zero attached hydrogens (tertiary/aromatic N) is 1. The van der Waals surface area contributed by atoms with Gasteiger partial charge in [-0.3, -0.25) is 0 Å². The number of carbonyl (C=O) groups excluding carboxylic acids is 1. The van der Waals surface area contributed by atoms with Gasteiger partial charge in [0.25, 0.3) is 0 Å². The van der Waals surface area contributed by atoms with E-state index < -0.39 is 6.09 Å². The Hall–Kier alpha value is -1.37. The predicted molar refractivity (Wildman–Crippen MR) is 147 cm³/mol. The first-order valence-corrected chi connectivity index (χ1v) is 14.7. The van der Waals surface area contributed by atoms with Crippen LogP contribution in [0.25, 0.3) is 0 Å². The summed E-state index contributed by atoms with van der Waals surface area (Å²) < 4.78 is 18.4. The van der Waals surface area contributed by atoms with Crippen molar-refractivity contribution in [2.75, 3.05) is 33.5 Å². The molecule has 0 aliphatic heterocycles. The third-order valence-electron chi connectivity index (χ3n) is 6.60. The van der Waals surface area contributed by atoms with Gasteiger partial charge in [0, 0.05) is 25.8 Å². The lowest BCUT2D eigenvalue weighted by molar-refractivity contribution is -0.694. The van der Waals surface area contributed by atoms with Gasteiger partial charge in [-0.1, -0.05) is 109 Å². The van der Waals surface area contributed by atoms with Crippen LogP contribution < -0.4 is 22.3 Å². The molecule has 37 heavy (non-hydrogen) atoms. The molecule has 0 saturated heterocycles. The molecule has 0 fully saturated rings. The fourth-order valence-corrected chi connectivity index (χ4v) is 4.24. The molecular formula is C30H55ClN2O4. The molecule has 0 unspecified atom stereocenters. The van der Waals surface area contributed by atoms with Crippen molar-refractivity contribution in [2.24, 2.45) is 0 Å². The first-order valence-electron chi connectivity index (χ1n) is 14.7. The van der Waals surface area contributed by atoms with Crippen LogP contribution in [0.5, 0.6) is 0 Å². The Morgan fingerprint density at radius 3 is 1.78 bits per heavy atom. The minimum absolute atomic E-state index is 0. The van der Waals surface area contributed by atoms with Crippen LogP contribution in [0.2, 0.25) is 0 Å². The van der Waals surface area contributed by atoms with E-state index in [-0.39, 0.29) is 25.1 Å². The average molecular weight is 543 g/mol. The zero-order chi connectivity index (χ0) is 25.9. The number of nitrogens with one attached hydrogen (secondary N) is 1. The number of aromatic nitrogens is 1. The van der Waals surface area contributed by atoms with Crippen LogP contribution in [0.4, 0.5) is 4.79 Å². The van der Waals surface area contributed by atoms with E-state index in [1.54, 1.807) is 7.11 Å². The Morgan fingerprint density at radius 2 is 1.27 bits per heavy atom. The first kappa shape index (κ1) is 35.6. The van der Waals surface area contributed by atoms with Gasteiger partial charge in [-0.05, 0) is 6.42 Å². The van der Waals surface area contributed by atoms with E-state index in [4.69, 9.17) is 14.2 Å². The second kappa shape index (κ2) is 27.7.